The molecule has 32 heavy (non-hydrogen) atoms. The number of aliphatic hydroxyl groups excluding tert-OH is 1. The lowest BCUT2D eigenvalue weighted by atomic mass is 9.83. The van der Waals surface area contributed by atoms with Gasteiger partial charge in [-0.1, -0.05) is 107 Å². The third-order valence-corrected chi connectivity index (χ3v) is 12.6. The van der Waals surface area contributed by atoms with Crippen LogP contribution in [0.2, 0.25) is 5.04 Å². The maximum atomic E-state index is 10.7. The summed E-state index contributed by atoms with van der Waals surface area (Å²) in [5.41, 5.74) is -0.191. The number of aliphatic hydroxyl groups is 1. The summed E-state index contributed by atoms with van der Waals surface area (Å²) in [6.07, 6.45) is 8.61. The maximum absolute atomic E-state index is 10.7. The Bertz CT molecular complexity index is 808. The number of hydrogen-bond donors (Lipinski definition) is 1. The third-order valence-electron chi connectivity index (χ3n) is 7.55. The number of fused-ring (bicyclic) bond motifs is 1. The van der Waals surface area contributed by atoms with Crippen LogP contribution in [0.4, 0.5) is 0 Å². The van der Waals surface area contributed by atoms with Crippen LogP contribution in [0.5, 0.6) is 0 Å². The van der Waals surface area contributed by atoms with Crippen LogP contribution in [0.15, 0.2) is 60.7 Å². The van der Waals surface area contributed by atoms with E-state index in [0.717, 1.165) is 45.1 Å². The van der Waals surface area contributed by atoms with Crippen LogP contribution in [-0.2, 0) is 9.16 Å². The molecule has 3 atom stereocenters. The van der Waals surface area contributed by atoms with E-state index < -0.39 is 8.32 Å². The molecule has 1 saturated carbocycles. The molecule has 1 aliphatic carbocycles. The highest BCUT2D eigenvalue weighted by Gasteiger charge is 2.61. The Morgan fingerprint density at radius 1 is 0.969 bits per heavy atom. The van der Waals surface area contributed by atoms with Gasteiger partial charge < -0.3 is 14.3 Å². The van der Waals surface area contributed by atoms with Crippen molar-refractivity contribution in [2.24, 2.45) is 0 Å². The van der Waals surface area contributed by atoms with Crippen molar-refractivity contribution in [2.45, 2.75) is 95.0 Å². The fourth-order valence-corrected chi connectivity index (χ4v) is 10.4. The van der Waals surface area contributed by atoms with Gasteiger partial charge in [0.1, 0.15) is 5.60 Å². The van der Waals surface area contributed by atoms with Crippen LogP contribution in [0.1, 0.15) is 72.1 Å². The third kappa shape index (κ3) is 4.61. The maximum Gasteiger partial charge on any atom is 0.261 e. The van der Waals surface area contributed by atoms with Crippen molar-refractivity contribution in [1.29, 1.82) is 0 Å². The van der Waals surface area contributed by atoms with Gasteiger partial charge in [0.2, 0.25) is 0 Å². The molecule has 4 heteroatoms. The zero-order chi connectivity index (χ0) is 22.7. The molecule has 1 N–H and O–H groups in total. The summed E-state index contributed by atoms with van der Waals surface area (Å²) in [6.45, 7) is 7.73. The fraction of sp³-hybridized carbons (Fsp3) is 0.571. The molecule has 4 rings (SSSR count). The van der Waals surface area contributed by atoms with Gasteiger partial charge in [-0.2, -0.15) is 0 Å². The number of hydrogen-bond acceptors (Lipinski definition) is 3. The first kappa shape index (κ1) is 23.7. The molecule has 0 radical (unpaired) electrons. The van der Waals surface area contributed by atoms with Gasteiger partial charge in [0.25, 0.3) is 8.32 Å². The van der Waals surface area contributed by atoms with Crippen LogP contribution in [0, 0.1) is 0 Å². The molecular formula is C28H40O3Si. The van der Waals surface area contributed by atoms with E-state index in [1.54, 1.807) is 0 Å². The van der Waals surface area contributed by atoms with Crippen LogP contribution < -0.4 is 10.4 Å². The molecule has 1 aliphatic heterocycles. The van der Waals surface area contributed by atoms with E-state index >= 15 is 0 Å². The lowest BCUT2D eigenvalue weighted by Crippen LogP contribution is -2.66. The average Bonchev–Trinajstić information content (AvgIpc) is 3.55. The predicted octanol–water partition coefficient (Wildman–Crippen LogP) is 5.20. The smallest absolute Gasteiger partial charge is 0.261 e. The topological polar surface area (TPSA) is 42.0 Å². The van der Waals surface area contributed by atoms with E-state index in [9.17, 15) is 5.11 Å². The molecule has 0 bridgehead atoms. The van der Waals surface area contributed by atoms with Gasteiger partial charge in [0.05, 0.1) is 12.2 Å². The number of epoxide rings is 1. The van der Waals surface area contributed by atoms with Crippen LogP contribution in [0.25, 0.3) is 0 Å². The second kappa shape index (κ2) is 9.80. The second-order valence-electron chi connectivity index (χ2n) is 10.7. The normalized spacial score (nSPS) is 24.1. The lowest BCUT2D eigenvalue weighted by molar-refractivity contribution is 0.0581. The Morgan fingerprint density at radius 3 is 2.16 bits per heavy atom. The Kier molecular flexibility index (Phi) is 7.26. The highest BCUT2D eigenvalue weighted by molar-refractivity contribution is 6.99. The molecule has 0 unspecified atom stereocenters. The molecule has 1 saturated heterocycles. The highest BCUT2D eigenvalue weighted by Crippen LogP contribution is 2.51. The quantitative estimate of drug-likeness (QED) is 0.306. The van der Waals surface area contributed by atoms with Gasteiger partial charge in [-0.05, 0) is 41.1 Å². The predicted molar refractivity (Wildman–Crippen MR) is 134 cm³/mol. The summed E-state index contributed by atoms with van der Waals surface area (Å²) < 4.78 is 12.9. The first-order valence-corrected chi connectivity index (χ1v) is 14.4. The highest BCUT2D eigenvalue weighted by atomic mass is 28.4. The zero-order valence-electron chi connectivity index (χ0n) is 20.1. The summed E-state index contributed by atoms with van der Waals surface area (Å²) in [6, 6.07) is 21.7. The molecule has 0 amide bonds. The minimum absolute atomic E-state index is 0.0182. The second-order valence-corrected chi connectivity index (χ2v) is 15.0. The SMILES string of the molecule is CC(C)(C)[Si](OCCCCC[C@H](O)[C@@]12CCCC[C@@H]1O2)(c1ccccc1)c1ccccc1. The van der Waals surface area contributed by atoms with Crippen LogP contribution >= 0.6 is 0 Å². The summed E-state index contributed by atoms with van der Waals surface area (Å²) in [4.78, 5) is 0. The molecule has 3 nitrogen and oxygen atoms in total. The molecular weight excluding hydrogens is 412 g/mol. The van der Waals surface area contributed by atoms with Gasteiger partial charge in [0, 0.05) is 6.61 Å². The molecule has 2 aliphatic rings. The first-order chi connectivity index (χ1) is 15.4. The Morgan fingerprint density at radius 2 is 1.59 bits per heavy atom. The largest absolute Gasteiger partial charge is 0.407 e. The van der Waals surface area contributed by atoms with E-state index in [2.05, 4.69) is 81.4 Å². The Labute approximate surface area is 195 Å². The Balaban J connectivity index is 1.37. The summed E-state index contributed by atoms with van der Waals surface area (Å²) in [5.74, 6) is 0. The molecule has 0 aromatic heterocycles. The summed E-state index contributed by atoms with van der Waals surface area (Å²) >= 11 is 0. The Hall–Kier alpha value is -1.46. The van der Waals surface area contributed by atoms with Gasteiger partial charge in [-0.3, -0.25) is 0 Å². The van der Waals surface area contributed by atoms with E-state index in [4.69, 9.17) is 9.16 Å². The van der Waals surface area contributed by atoms with Crippen molar-refractivity contribution >= 4 is 18.7 Å². The molecule has 0 spiro atoms. The van der Waals surface area contributed by atoms with Gasteiger partial charge >= 0.3 is 0 Å². The van der Waals surface area contributed by atoms with E-state index in [1.807, 2.05) is 0 Å². The standard InChI is InChI=1S/C28H40O3Si/c1-27(2,3)32(23-15-7-4-8-16-23,24-17-9-5-10-18-24)30-22-14-6-11-19-25(29)28-21-13-12-20-26(28)31-28/h4-5,7-10,15-18,25-26,29H,6,11-14,19-22H2,1-3H3/t25-,26-,28-/m0/s1. The van der Waals surface area contributed by atoms with Gasteiger partial charge in [0.15, 0.2) is 0 Å². The van der Waals surface area contributed by atoms with E-state index in [-0.39, 0.29) is 16.7 Å². The lowest BCUT2D eigenvalue weighted by Gasteiger charge is -2.43. The van der Waals surface area contributed by atoms with Crippen LogP contribution in [-0.4, -0.2) is 37.8 Å². The molecule has 2 aromatic rings. The number of ether oxygens (including phenoxy) is 1. The van der Waals surface area contributed by atoms with Crippen molar-refractivity contribution in [2.75, 3.05) is 6.61 Å². The minimum atomic E-state index is -2.43. The fourth-order valence-electron chi connectivity index (χ4n) is 5.79. The van der Waals surface area contributed by atoms with Gasteiger partial charge in [-0.15, -0.1) is 0 Å². The molecule has 2 fully saturated rings. The van der Waals surface area contributed by atoms with Crippen LogP contribution in [0.3, 0.4) is 0 Å². The number of unbranched alkanes of at least 4 members (excludes halogenated alkanes) is 2. The molecule has 1 heterocycles. The zero-order valence-corrected chi connectivity index (χ0v) is 21.1. The average molecular weight is 453 g/mol. The summed E-state index contributed by atoms with van der Waals surface area (Å²) in [5, 5.41) is 13.4. The summed E-state index contributed by atoms with van der Waals surface area (Å²) in [7, 11) is -2.43. The van der Waals surface area contributed by atoms with Crippen molar-refractivity contribution in [3.63, 3.8) is 0 Å². The monoisotopic (exact) mass is 452 g/mol. The van der Waals surface area contributed by atoms with Crippen molar-refractivity contribution in [3.8, 4) is 0 Å². The molecule has 2 aromatic carbocycles. The van der Waals surface area contributed by atoms with Crippen molar-refractivity contribution in [3.05, 3.63) is 60.7 Å². The van der Waals surface area contributed by atoms with Gasteiger partial charge in [-0.25, -0.2) is 0 Å². The van der Waals surface area contributed by atoms with Crippen molar-refractivity contribution < 1.29 is 14.3 Å². The minimum Gasteiger partial charge on any atom is -0.407 e. The van der Waals surface area contributed by atoms with Crippen molar-refractivity contribution in [1.82, 2.24) is 0 Å². The van der Waals surface area contributed by atoms with E-state index in [1.165, 1.54) is 23.2 Å². The van der Waals surface area contributed by atoms with E-state index in [0.29, 0.717) is 6.10 Å². The number of benzene rings is 2. The molecule has 174 valence electrons. The first-order valence-electron chi connectivity index (χ1n) is 12.5. The number of rotatable bonds is 10.